The van der Waals surface area contributed by atoms with E-state index in [1.54, 1.807) is 0 Å². The third kappa shape index (κ3) is 2.71. The number of halogens is 1. The molecule has 0 aromatic carbocycles. The Bertz CT molecular complexity index is 234. The van der Waals surface area contributed by atoms with E-state index in [9.17, 15) is 4.79 Å². The van der Waals surface area contributed by atoms with Gasteiger partial charge in [0.1, 0.15) is 0 Å². The summed E-state index contributed by atoms with van der Waals surface area (Å²) in [5, 5.41) is 0. The molecule has 0 heterocycles. The topological polar surface area (TPSA) is 20.3 Å². The van der Waals surface area contributed by atoms with E-state index >= 15 is 0 Å². The summed E-state index contributed by atoms with van der Waals surface area (Å²) in [6, 6.07) is 0.508. The standard InChI is InChI=1S/C13H22ClNO/c14-9-10-15(12-7-4-8-12)13(16)11-5-2-1-3-6-11/h11-12H,1-10H2. The maximum atomic E-state index is 12.4. The zero-order chi connectivity index (χ0) is 11.4. The van der Waals surface area contributed by atoms with Crippen LogP contribution >= 0.6 is 11.6 Å². The molecule has 92 valence electrons. The van der Waals surface area contributed by atoms with Crippen LogP contribution in [0.1, 0.15) is 51.4 Å². The highest BCUT2D eigenvalue weighted by Gasteiger charge is 2.32. The predicted octanol–water partition coefficient (Wildman–Crippen LogP) is 3.19. The first-order valence-electron chi connectivity index (χ1n) is 6.69. The maximum absolute atomic E-state index is 12.4. The molecule has 0 saturated heterocycles. The van der Waals surface area contributed by atoms with Crippen LogP contribution in [0.4, 0.5) is 0 Å². The number of alkyl halides is 1. The van der Waals surface area contributed by atoms with Crippen LogP contribution in [0.15, 0.2) is 0 Å². The van der Waals surface area contributed by atoms with Gasteiger partial charge in [-0.2, -0.15) is 0 Å². The second kappa shape index (κ2) is 5.90. The molecule has 2 rings (SSSR count). The Morgan fingerprint density at radius 1 is 1.06 bits per heavy atom. The van der Waals surface area contributed by atoms with Crippen molar-refractivity contribution in [2.24, 2.45) is 5.92 Å². The summed E-state index contributed by atoms with van der Waals surface area (Å²) in [6.07, 6.45) is 9.63. The van der Waals surface area contributed by atoms with E-state index in [1.165, 1.54) is 38.5 Å². The molecule has 2 aliphatic carbocycles. The average molecular weight is 244 g/mol. The smallest absolute Gasteiger partial charge is 0.225 e. The predicted molar refractivity (Wildman–Crippen MR) is 66.6 cm³/mol. The fraction of sp³-hybridized carbons (Fsp3) is 0.923. The van der Waals surface area contributed by atoms with Gasteiger partial charge in [-0.3, -0.25) is 4.79 Å². The molecule has 2 fully saturated rings. The number of nitrogens with zero attached hydrogens (tertiary/aromatic N) is 1. The van der Waals surface area contributed by atoms with Crippen molar-refractivity contribution in [2.45, 2.75) is 57.4 Å². The lowest BCUT2D eigenvalue weighted by atomic mass is 9.85. The number of carbonyl (C=O) groups is 1. The minimum atomic E-state index is 0.303. The van der Waals surface area contributed by atoms with Gasteiger partial charge in [-0.05, 0) is 32.1 Å². The van der Waals surface area contributed by atoms with Gasteiger partial charge in [-0.25, -0.2) is 0 Å². The first-order chi connectivity index (χ1) is 7.83. The van der Waals surface area contributed by atoms with Crippen molar-refractivity contribution in [3.8, 4) is 0 Å². The molecule has 0 radical (unpaired) electrons. The van der Waals surface area contributed by atoms with Crippen molar-refractivity contribution in [3.05, 3.63) is 0 Å². The Kier molecular flexibility index (Phi) is 4.51. The van der Waals surface area contributed by atoms with Crippen molar-refractivity contribution in [1.82, 2.24) is 4.90 Å². The second-order valence-electron chi connectivity index (χ2n) is 5.14. The summed E-state index contributed by atoms with van der Waals surface area (Å²) in [5.74, 6) is 1.28. The Hall–Kier alpha value is -0.240. The highest BCUT2D eigenvalue weighted by Crippen LogP contribution is 2.30. The Labute approximate surface area is 103 Å². The maximum Gasteiger partial charge on any atom is 0.225 e. The molecule has 0 aromatic rings. The van der Waals surface area contributed by atoms with E-state index in [1.807, 2.05) is 0 Å². The van der Waals surface area contributed by atoms with E-state index in [4.69, 9.17) is 11.6 Å². The van der Waals surface area contributed by atoms with Crippen LogP contribution < -0.4 is 0 Å². The lowest BCUT2D eigenvalue weighted by molar-refractivity contribution is -0.140. The van der Waals surface area contributed by atoms with Gasteiger partial charge in [0.2, 0.25) is 5.91 Å². The van der Waals surface area contributed by atoms with E-state index in [0.717, 1.165) is 19.4 Å². The van der Waals surface area contributed by atoms with Crippen LogP contribution in [-0.4, -0.2) is 29.3 Å². The third-order valence-corrected chi connectivity index (χ3v) is 4.25. The molecule has 0 aromatic heterocycles. The quantitative estimate of drug-likeness (QED) is 0.695. The van der Waals surface area contributed by atoms with Gasteiger partial charge in [-0.1, -0.05) is 19.3 Å². The summed E-state index contributed by atoms with van der Waals surface area (Å²) >= 11 is 5.81. The Morgan fingerprint density at radius 3 is 2.25 bits per heavy atom. The van der Waals surface area contributed by atoms with Crippen LogP contribution in [0.5, 0.6) is 0 Å². The minimum absolute atomic E-state index is 0.303. The molecular formula is C13H22ClNO. The van der Waals surface area contributed by atoms with Crippen LogP contribution in [0, 0.1) is 5.92 Å². The van der Waals surface area contributed by atoms with Crippen molar-refractivity contribution < 1.29 is 4.79 Å². The van der Waals surface area contributed by atoms with Crippen LogP contribution in [0.3, 0.4) is 0 Å². The van der Waals surface area contributed by atoms with Gasteiger partial charge in [0.25, 0.3) is 0 Å². The highest BCUT2D eigenvalue weighted by atomic mass is 35.5. The van der Waals surface area contributed by atoms with E-state index in [-0.39, 0.29) is 0 Å². The van der Waals surface area contributed by atoms with Crippen LogP contribution in [0.2, 0.25) is 0 Å². The van der Waals surface area contributed by atoms with E-state index in [0.29, 0.717) is 23.7 Å². The molecule has 2 nitrogen and oxygen atoms in total. The lowest BCUT2D eigenvalue weighted by Crippen LogP contribution is -2.48. The minimum Gasteiger partial charge on any atom is -0.338 e. The molecule has 0 N–H and O–H groups in total. The summed E-state index contributed by atoms with van der Waals surface area (Å²) in [4.78, 5) is 14.5. The molecule has 0 atom stereocenters. The van der Waals surface area contributed by atoms with Crippen molar-refractivity contribution in [3.63, 3.8) is 0 Å². The molecule has 2 aliphatic rings. The first-order valence-corrected chi connectivity index (χ1v) is 7.23. The molecule has 2 saturated carbocycles. The van der Waals surface area contributed by atoms with Crippen LogP contribution in [-0.2, 0) is 4.79 Å². The summed E-state index contributed by atoms with van der Waals surface area (Å²) in [5.41, 5.74) is 0. The van der Waals surface area contributed by atoms with Gasteiger partial charge in [0.15, 0.2) is 0 Å². The largest absolute Gasteiger partial charge is 0.338 e. The van der Waals surface area contributed by atoms with Gasteiger partial charge >= 0.3 is 0 Å². The number of hydrogen-bond donors (Lipinski definition) is 0. The molecule has 0 bridgehead atoms. The zero-order valence-corrected chi connectivity index (χ0v) is 10.7. The van der Waals surface area contributed by atoms with Crippen molar-refractivity contribution in [1.29, 1.82) is 0 Å². The van der Waals surface area contributed by atoms with Gasteiger partial charge in [0, 0.05) is 24.4 Å². The molecule has 0 aliphatic heterocycles. The first kappa shape index (κ1) is 12.2. The second-order valence-corrected chi connectivity index (χ2v) is 5.52. The molecule has 1 amide bonds. The summed E-state index contributed by atoms with van der Waals surface area (Å²) < 4.78 is 0. The summed E-state index contributed by atoms with van der Waals surface area (Å²) in [7, 11) is 0. The van der Waals surface area contributed by atoms with Gasteiger partial charge in [-0.15, -0.1) is 11.6 Å². The van der Waals surface area contributed by atoms with Gasteiger partial charge in [0.05, 0.1) is 0 Å². The van der Waals surface area contributed by atoms with Crippen LogP contribution in [0.25, 0.3) is 0 Å². The SMILES string of the molecule is O=C(C1CCCCC1)N(CCCl)C1CCC1. The fourth-order valence-electron chi connectivity index (χ4n) is 2.85. The molecule has 0 spiro atoms. The molecular weight excluding hydrogens is 222 g/mol. The fourth-order valence-corrected chi connectivity index (χ4v) is 3.03. The molecule has 0 unspecified atom stereocenters. The highest BCUT2D eigenvalue weighted by molar-refractivity contribution is 6.18. The third-order valence-electron chi connectivity index (χ3n) is 4.08. The number of amides is 1. The number of hydrogen-bond acceptors (Lipinski definition) is 1. The van der Waals surface area contributed by atoms with Crippen molar-refractivity contribution >= 4 is 17.5 Å². The van der Waals surface area contributed by atoms with Crippen molar-refractivity contribution in [2.75, 3.05) is 12.4 Å². The zero-order valence-electron chi connectivity index (χ0n) is 9.96. The monoisotopic (exact) mass is 243 g/mol. The Morgan fingerprint density at radius 2 is 1.75 bits per heavy atom. The molecule has 3 heteroatoms. The average Bonchev–Trinajstić information content (AvgIpc) is 2.26. The van der Waals surface area contributed by atoms with E-state index < -0.39 is 0 Å². The van der Waals surface area contributed by atoms with E-state index in [2.05, 4.69) is 4.90 Å². The Balaban J connectivity index is 1.92. The number of carbonyl (C=O) groups excluding carboxylic acids is 1. The summed E-state index contributed by atoms with van der Waals surface area (Å²) in [6.45, 7) is 0.752. The number of rotatable bonds is 4. The molecule has 16 heavy (non-hydrogen) atoms. The van der Waals surface area contributed by atoms with Gasteiger partial charge < -0.3 is 4.90 Å². The lowest BCUT2D eigenvalue weighted by Gasteiger charge is -2.39. The normalized spacial score (nSPS) is 22.8.